The summed E-state index contributed by atoms with van der Waals surface area (Å²) in [5.74, 6) is 0.764. The molecule has 0 aromatic carbocycles. The molecule has 2 nitrogen and oxygen atoms in total. The van der Waals surface area contributed by atoms with E-state index in [-0.39, 0.29) is 0 Å². The van der Waals surface area contributed by atoms with Crippen molar-refractivity contribution in [3.63, 3.8) is 0 Å². The molecular formula is C15H28O2Si. The highest BCUT2D eigenvalue weighted by atomic mass is 28.4. The highest BCUT2D eigenvalue weighted by molar-refractivity contribution is 6.78. The summed E-state index contributed by atoms with van der Waals surface area (Å²) in [7, 11) is -1.87. The van der Waals surface area contributed by atoms with Gasteiger partial charge in [-0.05, 0) is 29.1 Å². The molecule has 0 unspecified atom stereocenters. The monoisotopic (exact) mass is 268 g/mol. The van der Waals surface area contributed by atoms with Crippen molar-refractivity contribution >= 4 is 8.32 Å². The van der Waals surface area contributed by atoms with Gasteiger partial charge in [-0.3, -0.25) is 0 Å². The molecule has 1 aromatic rings. The van der Waals surface area contributed by atoms with Crippen LogP contribution in [0.25, 0.3) is 0 Å². The van der Waals surface area contributed by atoms with Crippen molar-refractivity contribution in [3.8, 4) is 5.95 Å². The molecule has 0 aliphatic rings. The number of rotatable bonds is 6. The minimum Gasteiger partial charge on any atom is -0.518 e. The highest BCUT2D eigenvalue weighted by Gasteiger charge is 2.47. The topological polar surface area (TPSA) is 22.4 Å². The standard InChI is InChI=1S/C15H28O2Si/c1-8-14-9-10-16-15(14)17-18(11(2)3,12(4)5)13(6)7/h9-13H,8H2,1-7H3. The number of aryl methyl sites for hydroxylation is 1. The molecule has 3 heteroatoms. The molecule has 0 aliphatic heterocycles. The lowest BCUT2D eigenvalue weighted by molar-refractivity contribution is 0.354. The summed E-state index contributed by atoms with van der Waals surface area (Å²) in [4.78, 5) is 0. The quantitative estimate of drug-likeness (QED) is 0.645. The van der Waals surface area contributed by atoms with Crippen molar-refractivity contribution in [3.05, 3.63) is 17.9 Å². The van der Waals surface area contributed by atoms with Gasteiger partial charge in [0, 0.05) is 5.56 Å². The Balaban J connectivity index is 3.13. The summed E-state index contributed by atoms with van der Waals surface area (Å²) in [6.45, 7) is 15.9. The lowest BCUT2D eigenvalue weighted by Crippen LogP contribution is -2.50. The van der Waals surface area contributed by atoms with E-state index < -0.39 is 8.32 Å². The van der Waals surface area contributed by atoms with Gasteiger partial charge in [-0.15, -0.1) is 0 Å². The van der Waals surface area contributed by atoms with E-state index in [1.54, 1.807) is 6.26 Å². The molecule has 18 heavy (non-hydrogen) atoms. The summed E-state index contributed by atoms with van der Waals surface area (Å²) < 4.78 is 12.1. The molecule has 0 N–H and O–H groups in total. The van der Waals surface area contributed by atoms with Crippen LogP contribution in [0.2, 0.25) is 16.6 Å². The predicted octanol–water partition coefficient (Wildman–Crippen LogP) is 5.40. The van der Waals surface area contributed by atoms with Gasteiger partial charge in [-0.25, -0.2) is 0 Å². The molecule has 0 saturated carbocycles. The Bertz CT molecular complexity index is 345. The second kappa shape index (κ2) is 5.96. The van der Waals surface area contributed by atoms with Crippen molar-refractivity contribution in [1.29, 1.82) is 0 Å². The summed E-state index contributed by atoms with van der Waals surface area (Å²) in [6.07, 6.45) is 2.71. The molecule has 0 amide bonds. The Kier molecular flexibility index (Phi) is 5.08. The van der Waals surface area contributed by atoms with E-state index >= 15 is 0 Å². The van der Waals surface area contributed by atoms with Gasteiger partial charge in [0.05, 0.1) is 6.26 Å². The zero-order chi connectivity index (χ0) is 13.9. The minimum atomic E-state index is -1.87. The lowest BCUT2D eigenvalue weighted by Gasteiger charge is -2.41. The Hall–Kier alpha value is -0.703. The van der Waals surface area contributed by atoms with E-state index in [2.05, 4.69) is 48.5 Å². The molecule has 1 rings (SSSR count). The van der Waals surface area contributed by atoms with E-state index in [1.807, 2.05) is 6.07 Å². The van der Waals surface area contributed by atoms with Crippen LogP contribution in [0.15, 0.2) is 16.7 Å². The third kappa shape index (κ3) is 2.66. The number of hydrogen-bond donors (Lipinski definition) is 0. The Labute approximate surface area is 113 Å². The van der Waals surface area contributed by atoms with Gasteiger partial charge in [-0.2, -0.15) is 0 Å². The van der Waals surface area contributed by atoms with Gasteiger partial charge in [0.15, 0.2) is 0 Å². The lowest BCUT2D eigenvalue weighted by atomic mass is 10.3. The van der Waals surface area contributed by atoms with Gasteiger partial charge in [0.2, 0.25) is 0 Å². The molecule has 0 atom stereocenters. The third-order valence-corrected chi connectivity index (χ3v) is 10.0. The predicted molar refractivity (Wildman–Crippen MR) is 79.8 cm³/mol. The maximum absolute atomic E-state index is 6.52. The fourth-order valence-electron chi connectivity index (χ4n) is 3.19. The Morgan fingerprint density at radius 1 is 1.06 bits per heavy atom. The van der Waals surface area contributed by atoms with Crippen LogP contribution >= 0.6 is 0 Å². The molecule has 1 aromatic heterocycles. The second-order valence-corrected chi connectivity index (χ2v) is 11.4. The maximum atomic E-state index is 6.52. The average molecular weight is 268 g/mol. The highest BCUT2D eigenvalue weighted by Crippen LogP contribution is 2.43. The molecule has 0 aliphatic carbocycles. The molecule has 104 valence electrons. The van der Waals surface area contributed by atoms with Gasteiger partial charge in [-0.1, -0.05) is 48.5 Å². The van der Waals surface area contributed by atoms with Crippen LogP contribution in [0.5, 0.6) is 5.95 Å². The van der Waals surface area contributed by atoms with E-state index in [0.29, 0.717) is 16.6 Å². The average Bonchev–Trinajstić information content (AvgIpc) is 2.71. The molecule has 0 radical (unpaired) electrons. The number of hydrogen-bond acceptors (Lipinski definition) is 2. The van der Waals surface area contributed by atoms with Crippen LogP contribution in [0.1, 0.15) is 54.0 Å². The van der Waals surface area contributed by atoms with E-state index in [0.717, 1.165) is 12.4 Å². The number of furan rings is 1. The minimum absolute atomic E-state index is 0.576. The Morgan fingerprint density at radius 3 is 1.94 bits per heavy atom. The molecule has 0 fully saturated rings. The summed E-state index contributed by atoms with van der Waals surface area (Å²) in [6, 6.07) is 2.02. The van der Waals surface area contributed by atoms with Crippen molar-refractivity contribution in [1.82, 2.24) is 0 Å². The zero-order valence-electron chi connectivity index (χ0n) is 12.9. The first-order valence-corrected chi connectivity index (χ1v) is 9.25. The van der Waals surface area contributed by atoms with Crippen LogP contribution < -0.4 is 4.43 Å². The SMILES string of the molecule is CCc1ccoc1O[Si](C(C)C)(C(C)C)C(C)C. The van der Waals surface area contributed by atoms with E-state index in [4.69, 9.17) is 8.84 Å². The molecular weight excluding hydrogens is 240 g/mol. The maximum Gasteiger partial charge on any atom is 0.273 e. The summed E-state index contributed by atoms with van der Waals surface area (Å²) in [5, 5.41) is 0. The Morgan fingerprint density at radius 2 is 1.56 bits per heavy atom. The smallest absolute Gasteiger partial charge is 0.273 e. The van der Waals surface area contributed by atoms with Crippen LogP contribution in [-0.2, 0) is 6.42 Å². The fraction of sp³-hybridized carbons (Fsp3) is 0.733. The van der Waals surface area contributed by atoms with Crippen molar-refractivity contribution in [2.45, 2.75) is 71.5 Å². The first-order valence-electron chi connectivity index (χ1n) is 7.11. The zero-order valence-corrected chi connectivity index (χ0v) is 13.9. The van der Waals surface area contributed by atoms with Crippen molar-refractivity contribution < 1.29 is 8.84 Å². The molecule has 0 bridgehead atoms. The normalized spacial score (nSPS) is 12.8. The summed E-state index contributed by atoms with van der Waals surface area (Å²) >= 11 is 0. The first-order chi connectivity index (χ1) is 8.36. The second-order valence-electron chi connectivity index (χ2n) is 6.01. The largest absolute Gasteiger partial charge is 0.518 e. The van der Waals surface area contributed by atoms with Gasteiger partial charge < -0.3 is 8.84 Å². The fourth-order valence-corrected chi connectivity index (χ4v) is 8.40. The first kappa shape index (κ1) is 15.4. The van der Waals surface area contributed by atoms with Gasteiger partial charge in [0.1, 0.15) is 0 Å². The van der Waals surface area contributed by atoms with Crippen LogP contribution in [0.4, 0.5) is 0 Å². The van der Waals surface area contributed by atoms with E-state index in [9.17, 15) is 0 Å². The van der Waals surface area contributed by atoms with Crippen LogP contribution in [0, 0.1) is 0 Å². The molecule has 0 spiro atoms. The van der Waals surface area contributed by atoms with Gasteiger partial charge in [0.25, 0.3) is 14.3 Å². The molecule has 0 saturated heterocycles. The van der Waals surface area contributed by atoms with Crippen molar-refractivity contribution in [2.24, 2.45) is 0 Å². The van der Waals surface area contributed by atoms with E-state index in [1.165, 1.54) is 5.56 Å². The third-order valence-electron chi connectivity index (χ3n) is 4.06. The van der Waals surface area contributed by atoms with Crippen molar-refractivity contribution in [2.75, 3.05) is 0 Å². The van der Waals surface area contributed by atoms with Crippen LogP contribution in [0.3, 0.4) is 0 Å². The molecule has 1 heterocycles. The summed E-state index contributed by atoms with van der Waals surface area (Å²) in [5.41, 5.74) is 2.92. The van der Waals surface area contributed by atoms with Crippen LogP contribution in [-0.4, -0.2) is 8.32 Å². The van der Waals surface area contributed by atoms with Gasteiger partial charge >= 0.3 is 0 Å².